The third-order valence-electron chi connectivity index (χ3n) is 4.28. The summed E-state index contributed by atoms with van der Waals surface area (Å²) in [5.41, 5.74) is 0. The van der Waals surface area contributed by atoms with Gasteiger partial charge in [-0.05, 0) is 71.6 Å². The normalized spacial score (nSPS) is 12.0. The SMILES string of the molecule is CCC(NCCCN(CC)CC)NCCCN(CC)CC. The van der Waals surface area contributed by atoms with Gasteiger partial charge in [-0.2, -0.15) is 0 Å². The van der Waals surface area contributed by atoms with Gasteiger partial charge in [-0.1, -0.05) is 34.6 Å². The molecule has 0 radical (unpaired) electrons. The molecule has 0 unspecified atom stereocenters. The van der Waals surface area contributed by atoms with Crippen LogP contribution < -0.4 is 10.6 Å². The molecule has 0 saturated carbocycles. The highest BCUT2D eigenvalue weighted by atomic mass is 15.1. The quantitative estimate of drug-likeness (QED) is 0.359. The van der Waals surface area contributed by atoms with E-state index in [0.717, 1.165) is 45.7 Å². The van der Waals surface area contributed by atoms with Crippen molar-refractivity contribution in [1.29, 1.82) is 0 Å². The van der Waals surface area contributed by atoms with Crippen LogP contribution >= 0.6 is 0 Å². The molecule has 0 aromatic carbocycles. The maximum absolute atomic E-state index is 3.64. The lowest BCUT2D eigenvalue weighted by Crippen LogP contribution is -2.43. The molecule has 4 nitrogen and oxygen atoms in total. The van der Waals surface area contributed by atoms with Crippen LogP contribution in [-0.4, -0.2) is 68.3 Å². The van der Waals surface area contributed by atoms with Crippen molar-refractivity contribution in [2.45, 2.75) is 60.0 Å². The van der Waals surface area contributed by atoms with E-state index in [4.69, 9.17) is 0 Å². The van der Waals surface area contributed by atoms with Gasteiger partial charge in [0, 0.05) is 0 Å². The molecule has 0 saturated heterocycles. The first-order valence-electron chi connectivity index (χ1n) is 9.13. The Kier molecular flexibility index (Phi) is 14.7. The fourth-order valence-corrected chi connectivity index (χ4v) is 2.60. The summed E-state index contributed by atoms with van der Waals surface area (Å²) in [5.74, 6) is 0. The van der Waals surface area contributed by atoms with Crippen molar-refractivity contribution < 1.29 is 0 Å². The smallest absolute Gasteiger partial charge is 0.0569 e. The Bertz CT molecular complexity index is 183. The zero-order chi connectivity index (χ0) is 15.9. The fourth-order valence-electron chi connectivity index (χ4n) is 2.60. The molecule has 0 aromatic heterocycles. The van der Waals surface area contributed by atoms with E-state index in [0.29, 0.717) is 6.17 Å². The monoisotopic (exact) mass is 300 g/mol. The molecule has 0 bridgehead atoms. The number of nitrogens with one attached hydrogen (secondary N) is 2. The van der Waals surface area contributed by atoms with Crippen molar-refractivity contribution in [2.24, 2.45) is 0 Å². The molecule has 0 aromatic rings. The van der Waals surface area contributed by atoms with Gasteiger partial charge in [0.2, 0.25) is 0 Å². The van der Waals surface area contributed by atoms with E-state index in [1.54, 1.807) is 0 Å². The van der Waals surface area contributed by atoms with E-state index in [1.165, 1.54) is 25.9 Å². The summed E-state index contributed by atoms with van der Waals surface area (Å²) in [7, 11) is 0. The van der Waals surface area contributed by atoms with Crippen LogP contribution in [0.3, 0.4) is 0 Å². The Hall–Kier alpha value is -0.160. The lowest BCUT2D eigenvalue weighted by molar-refractivity contribution is 0.284. The van der Waals surface area contributed by atoms with Crippen LogP contribution in [0.4, 0.5) is 0 Å². The molecule has 0 rings (SSSR count). The summed E-state index contributed by atoms with van der Waals surface area (Å²) in [5, 5.41) is 7.28. The minimum absolute atomic E-state index is 0.471. The minimum atomic E-state index is 0.471. The van der Waals surface area contributed by atoms with Gasteiger partial charge in [0.15, 0.2) is 0 Å². The first kappa shape index (κ1) is 20.8. The molecule has 128 valence electrons. The highest BCUT2D eigenvalue weighted by Crippen LogP contribution is 1.93. The van der Waals surface area contributed by atoms with Crippen LogP contribution in [-0.2, 0) is 0 Å². The summed E-state index contributed by atoms with van der Waals surface area (Å²) >= 11 is 0. The second kappa shape index (κ2) is 14.8. The van der Waals surface area contributed by atoms with E-state index < -0.39 is 0 Å². The molecule has 0 amide bonds. The van der Waals surface area contributed by atoms with Crippen LogP contribution in [0.15, 0.2) is 0 Å². The summed E-state index contributed by atoms with van der Waals surface area (Å²) in [4.78, 5) is 4.97. The third kappa shape index (κ3) is 11.1. The van der Waals surface area contributed by atoms with Crippen molar-refractivity contribution in [3.63, 3.8) is 0 Å². The van der Waals surface area contributed by atoms with E-state index in [9.17, 15) is 0 Å². The van der Waals surface area contributed by atoms with E-state index in [2.05, 4.69) is 55.1 Å². The van der Waals surface area contributed by atoms with Crippen LogP contribution in [0.2, 0.25) is 0 Å². The Balaban J connectivity index is 3.62. The second-order valence-corrected chi connectivity index (χ2v) is 5.63. The Morgan fingerprint density at radius 3 is 1.33 bits per heavy atom. The van der Waals surface area contributed by atoms with Gasteiger partial charge in [0.05, 0.1) is 6.17 Å². The van der Waals surface area contributed by atoms with Gasteiger partial charge in [0.1, 0.15) is 0 Å². The largest absolute Gasteiger partial charge is 0.304 e. The highest BCUT2D eigenvalue weighted by molar-refractivity contribution is 4.64. The van der Waals surface area contributed by atoms with Gasteiger partial charge in [0.25, 0.3) is 0 Å². The topological polar surface area (TPSA) is 30.5 Å². The average molecular weight is 301 g/mol. The molecular formula is C17H40N4. The van der Waals surface area contributed by atoms with E-state index in [-0.39, 0.29) is 0 Å². The van der Waals surface area contributed by atoms with Crippen LogP contribution in [0.25, 0.3) is 0 Å². The van der Waals surface area contributed by atoms with E-state index in [1.807, 2.05) is 0 Å². The van der Waals surface area contributed by atoms with Crippen LogP contribution in [0.1, 0.15) is 53.9 Å². The molecule has 0 spiro atoms. The van der Waals surface area contributed by atoms with Gasteiger partial charge < -0.3 is 20.4 Å². The molecule has 4 heteroatoms. The lowest BCUT2D eigenvalue weighted by Gasteiger charge is -2.22. The number of rotatable bonds is 15. The van der Waals surface area contributed by atoms with Crippen molar-refractivity contribution in [3.05, 3.63) is 0 Å². The molecule has 0 atom stereocenters. The van der Waals surface area contributed by atoms with Crippen molar-refractivity contribution in [2.75, 3.05) is 52.4 Å². The van der Waals surface area contributed by atoms with Crippen LogP contribution in [0.5, 0.6) is 0 Å². The Labute approximate surface area is 133 Å². The first-order chi connectivity index (χ1) is 10.2. The molecule has 2 N–H and O–H groups in total. The summed E-state index contributed by atoms with van der Waals surface area (Å²) < 4.78 is 0. The zero-order valence-corrected chi connectivity index (χ0v) is 15.2. The highest BCUT2D eigenvalue weighted by Gasteiger charge is 2.05. The van der Waals surface area contributed by atoms with E-state index >= 15 is 0 Å². The summed E-state index contributed by atoms with van der Waals surface area (Å²) in [6.45, 7) is 20.5. The van der Waals surface area contributed by atoms with Gasteiger partial charge in [-0.25, -0.2) is 0 Å². The van der Waals surface area contributed by atoms with Gasteiger partial charge in [-0.15, -0.1) is 0 Å². The average Bonchev–Trinajstić information content (AvgIpc) is 2.53. The van der Waals surface area contributed by atoms with Crippen molar-refractivity contribution in [3.8, 4) is 0 Å². The zero-order valence-electron chi connectivity index (χ0n) is 15.2. The van der Waals surface area contributed by atoms with Crippen molar-refractivity contribution >= 4 is 0 Å². The standard InChI is InChI=1S/C17H40N4/c1-6-17(18-13-11-15-20(7-2)8-3)19-14-12-16-21(9-4)10-5/h17-19H,6-16H2,1-5H3. The van der Waals surface area contributed by atoms with Crippen molar-refractivity contribution in [1.82, 2.24) is 20.4 Å². The second-order valence-electron chi connectivity index (χ2n) is 5.63. The third-order valence-corrected chi connectivity index (χ3v) is 4.28. The summed E-state index contributed by atoms with van der Waals surface area (Å²) in [6, 6.07) is 0. The molecule has 21 heavy (non-hydrogen) atoms. The Morgan fingerprint density at radius 2 is 1.05 bits per heavy atom. The maximum Gasteiger partial charge on any atom is 0.0569 e. The molecule has 0 fully saturated rings. The van der Waals surface area contributed by atoms with Gasteiger partial charge in [-0.3, -0.25) is 0 Å². The molecular weight excluding hydrogens is 260 g/mol. The number of hydrogen-bond donors (Lipinski definition) is 2. The van der Waals surface area contributed by atoms with Crippen LogP contribution in [0, 0.1) is 0 Å². The lowest BCUT2D eigenvalue weighted by atomic mass is 10.3. The number of hydrogen-bond acceptors (Lipinski definition) is 4. The predicted octanol–water partition coefficient (Wildman–Crippen LogP) is 2.37. The fraction of sp³-hybridized carbons (Fsp3) is 1.00. The predicted molar refractivity (Wildman–Crippen MR) is 94.9 cm³/mol. The molecule has 0 aliphatic heterocycles. The first-order valence-corrected chi connectivity index (χ1v) is 9.13. The molecule has 0 aliphatic rings. The number of nitrogens with zero attached hydrogens (tertiary/aromatic N) is 2. The Morgan fingerprint density at radius 1 is 0.667 bits per heavy atom. The van der Waals surface area contributed by atoms with Gasteiger partial charge >= 0.3 is 0 Å². The molecule has 0 aliphatic carbocycles. The maximum atomic E-state index is 3.64. The minimum Gasteiger partial charge on any atom is -0.304 e. The molecule has 0 heterocycles. The summed E-state index contributed by atoms with van der Waals surface area (Å²) in [6.07, 6.45) is 4.09.